The lowest BCUT2D eigenvalue weighted by atomic mass is 9.86. The van der Waals surface area contributed by atoms with Crippen LogP contribution in [0.15, 0.2) is 47.1 Å². The van der Waals surface area contributed by atoms with Gasteiger partial charge in [-0.05, 0) is 36.8 Å². The molecule has 4 rings (SSSR count). The molecule has 0 unspecified atom stereocenters. The van der Waals surface area contributed by atoms with Crippen LogP contribution in [0.4, 0.5) is 10.1 Å². The first-order valence-electron chi connectivity index (χ1n) is 7.95. The van der Waals surface area contributed by atoms with Crippen LogP contribution in [0.25, 0.3) is 0 Å². The lowest BCUT2D eigenvalue weighted by Gasteiger charge is -2.24. The maximum absolute atomic E-state index is 13.4. The van der Waals surface area contributed by atoms with Crippen molar-refractivity contribution in [3.05, 3.63) is 54.2 Å². The van der Waals surface area contributed by atoms with Gasteiger partial charge in [0.05, 0.1) is 6.26 Å². The van der Waals surface area contributed by atoms with E-state index in [-0.39, 0.29) is 23.0 Å². The number of halogens is 1. The number of carbonyl (C=O) groups is 2. The van der Waals surface area contributed by atoms with E-state index in [9.17, 15) is 14.0 Å². The minimum absolute atomic E-state index is 0.0205. The number of likely N-dealkylation sites (tertiary alicyclic amines) is 1. The maximum Gasteiger partial charge on any atom is 0.289 e. The van der Waals surface area contributed by atoms with Gasteiger partial charge in [-0.25, -0.2) is 4.39 Å². The Bertz CT molecular complexity index is 789. The first kappa shape index (κ1) is 14.9. The Hall–Kier alpha value is -2.63. The largest absolute Gasteiger partial charge is 0.459 e. The van der Waals surface area contributed by atoms with Gasteiger partial charge in [0.2, 0.25) is 5.91 Å². The maximum atomic E-state index is 13.4. The van der Waals surface area contributed by atoms with Crippen LogP contribution < -0.4 is 4.90 Å². The third kappa shape index (κ3) is 2.48. The van der Waals surface area contributed by atoms with Crippen LogP contribution in [0.5, 0.6) is 0 Å². The van der Waals surface area contributed by atoms with E-state index in [4.69, 9.17) is 4.42 Å². The molecule has 0 N–H and O–H groups in total. The third-order valence-electron chi connectivity index (χ3n) is 4.90. The summed E-state index contributed by atoms with van der Waals surface area (Å²) in [6.45, 7) is 1.63. The number of amides is 2. The molecule has 1 spiro atoms. The van der Waals surface area contributed by atoms with Crippen molar-refractivity contribution < 1.29 is 18.4 Å². The molecule has 3 heterocycles. The summed E-state index contributed by atoms with van der Waals surface area (Å²) in [5.41, 5.74) is 0.318. The Morgan fingerprint density at radius 1 is 1.21 bits per heavy atom. The molecule has 2 amide bonds. The summed E-state index contributed by atoms with van der Waals surface area (Å²) in [6, 6.07) is 9.40. The van der Waals surface area contributed by atoms with Crippen molar-refractivity contribution >= 4 is 17.5 Å². The summed E-state index contributed by atoms with van der Waals surface area (Å²) >= 11 is 0. The smallest absolute Gasteiger partial charge is 0.289 e. The first-order chi connectivity index (χ1) is 11.6. The molecule has 1 aromatic carbocycles. The zero-order chi connectivity index (χ0) is 16.7. The Morgan fingerprint density at radius 3 is 2.83 bits per heavy atom. The van der Waals surface area contributed by atoms with Crippen molar-refractivity contribution in [2.45, 2.75) is 12.8 Å². The van der Waals surface area contributed by atoms with Crippen molar-refractivity contribution in [2.24, 2.45) is 5.41 Å². The second kappa shape index (κ2) is 5.47. The Morgan fingerprint density at radius 2 is 2.08 bits per heavy atom. The molecule has 0 aliphatic carbocycles. The van der Waals surface area contributed by atoms with E-state index in [1.807, 2.05) is 0 Å². The molecule has 24 heavy (non-hydrogen) atoms. The van der Waals surface area contributed by atoms with Crippen molar-refractivity contribution in [3.63, 3.8) is 0 Å². The van der Waals surface area contributed by atoms with Crippen LogP contribution in [0.3, 0.4) is 0 Å². The van der Waals surface area contributed by atoms with Crippen LogP contribution in [0.1, 0.15) is 23.4 Å². The molecule has 0 saturated carbocycles. The fourth-order valence-electron chi connectivity index (χ4n) is 3.71. The molecule has 0 radical (unpaired) electrons. The van der Waals surface area contributed by atoms with Gasteiger partial charge in [0.15, 0.2) is 5.76 Å². The van der Waals surface area contributed by atoms with Crippen molar-refractivity contribution in [2.75, 3.05) is 24.5 Å². The lowest BCUT2D eigenvalue weighted by Crippen LogP contribution is -2.34. The number of carbonyl (C=O) groups excluding carboxylic acids is 2. The molecule has 124 valence electrons. The number of anilines is 1. The fraction of sp³-hybridized carbons (Fsp3) is 0.333. The van der Waals surface area contributed by atoms with Crippen LogP contribution in [-0.2, 0) is 4.79 Å². The second-order valence-corrected chi connectivity index (χ2v) is 6.59. The monoisotopic (exact) mass is 328 g/mol. The number of hydrogen-bond donors (Lipinski definition) is 0. The average Bonchev–Trinajstić information content (AvgIpc) is 3.28. The molecular formula is C18H17FN2O3. The predicted molar refractivity (Wildman–Crippen MR) is 85.0 cm³/mol. The van der Waals surface area contributed by atoms with Crippen LogP contribution in [0, 0.1) is 11.2 Å². The minimum Gasteiger partial charge on any atom is -0.459 e. The van der Waals surface area contributed by atoms with Crippen LogP contribution in [0.2, 0.25) is 0 Å². The molecule has 1 atom stereocenters. The number of furan rings is 1. The number of nitrogens with zero attached hydrogens (tertiary/aromatic N) is 2. The third-order valence-corrected chi connectivity index (χ3v) is 4.90. The highest BCUT2D eigenvalue weighted by atomic mass is 19.1. The fourth-order valence-corrected chi connectivity index (χ4v) is 3.71. The zero-order valence-corrected chi connectivity index (χ0v) is 13.1. The van der Waals surface area contributed by atoms with Gasteiger partial charge in [-0.2, -0.15) is 0 Å². The summed E-state index contributed by atoms with van der Waals surface area (Å²) in [5.74, 6) is -0.206. The van der Waals surface area contributed by atoms with Gasteiger partial charge in [-0.1, -0.05) is 6.07 Å². The highest BCUT2D eigenvalue weighted by Gasteiger charge is 2.49. The molecule has 1 aromatic heterocycles. The Kier molecular flexibility index (Phi) is 3.40. The van der Waals surface area contributed by atoms with Crippen molar-refractivity contribution in [1.82, 2.24) is 4.90 Å². The Labute approximate surface area is 138 Å². The molecule has 2 fully saturated rings. The quantitative estimate of drug-likeness (QED) is 0.852. The van der Waals surface area contributed by atoms with E-state index < -0.39 is 0 Å². The highest BCUT2D eigenvalue weighted by molar-refractivity contribution is 5.97. The molecule has 0 bridgehead atoms. The normalized spacial score (nSPS) is 23.5. The molecule has 5 nitrogen and oxygen atoms in total. The van der Waals surface area contributed by atoms with Crippen LogP contribution >= 0.6 is 0 Å². The summed E-state index contributed by atoms with van der Waals surface area (Å²) in [7, 11) is 0. The van der Waals surface area contributed by atoms with Crippen molar-refractivity contribution in [3.8, 4) is 0 Å². The average molecular weight is 328 g/mol. The van der Waals surface area contributed by atoms with E-state index in [0.717, 1.165) is 6.42 Å². The number of hydrogen-bond acceptors (Lipinski definition) is 3. The van der Waals surface area contributed by atoms with E-state index >= 15 is 0 Å². The predicted octanol–water partition coefficient (Wildman–Crippen LogP) is 2.69. The molecule has 6 heteroatoms. The van der Waals surface area contributed by atoms with Gasteiger partial charge in [0, 0.05) is 37.2 Å². The minimum atomic E-state index is -0.359. The van der Waals surface area contributed by atoms with Gasteiger partial charge in [-0.15, -0.1) is 0 Å². The second-order valence-electron chi connectivity index (χ2n) is 6.59. The van der Waals surface area contributed by atoms with Gasteiger partial charge in [0.1, 0.15) is 5.82 Å². The molecular weight excluding hydrogens is 311 g/mol. The van der Waals surface area contributed by atoms with E-state index in [1.54, 1.807) is 34.1 Å². The SMILES string of the molecule is O=C(c1ccco1)N1CC[C@]2(CC(=O)N(c3cccc(F)c3)C2)C1. The standard InChI is InChI=1S/C18H17FN2O3/c19-13-3-1-4-14(9-13)21-12-18(10-16(21)22)6-7-20(11-18)17(23)15-5-2-8-24-15/h1-5,8-9H,6-7,10-12H2/t18-/m0/s1. The topological polar surface area (TPSA) is 53.8 Å². The van der Waals surface area contributed by atoms with Crippen LogP contribution in [-0.4, -0.2) is 36.3 Å². The summed E-state index contributed by atoms with van der Waals surface area (Å²) in [4.78, 5) is 28.2. The van der Waals surface area contributed by atoms with Gasteiger partial charge < -0.3 is 14.2 Å². The molecule has 2 aliphatic heterocycles. The summed E-state index contributed by atoms with van der Waals surface area (Å²) in [6.07, 6.45) is 2.62. The highest BCUT2D eigenvalue weighted by Crippen LogP contribution is 2.42. The Balaban J connectivity index is 1.51. The zero-order valence-electron chi connectivity index (χ0n) is 13.1. The number of benzene rings is 1. The van der Waals surface area contributed by atoms with E-state index in [0.29, 0.717) is 37.5 Å². The molecule has 2 saturated heterocycles. The number of rotatable bonds is 2. The van der Waals surface area contributed by atoms with Gasteiger partial charge in [-0.3, -0.25) is 9.59 Å². The molecule has 2 aliphatic rings. The van der Waals surface area contributed by atoms with Crippen molar-refractivity contribution in [1.29, 1.82) is 0 Å². The van der Waals surface area contributed by atoms with E-state index in [2.05, 4.69) is 0 Å². The summed E-state index contributed by atoms with van der Waals surface area (Å²) in [5, 5.41) is 0. The lowest BCUT2D eigenvalue weighted by molar-refractivity contribution is -0.117. The first-order valence-corrected chi connectivity index (χ1v) is 7.95. The summed E-state index contributed by atoms with van der Waals surface area (Å²) < 4.78 is 18.6. The van der Waals surface area contributed by atoms with Gasteiger partial charge in [0.25, 0.3) is 5.91 Å². The molecule has 2 aromatic rings. The van der Waals surface area contributed by atoms with E-state index in [1.165, 1.54) is 18.4 Å². The van der Waals surface area contributed by atoms with Gasteiger partial charge >= 0.3 is 0 Å².